The molecule has 0 aromatic heterocycles. The Kier molecular flexibility index (Phi) is 5.95. The van der Waals surface area contributed by atoms with Gasteiger partial charge in [0.2, 0.25) is 0 Å². The summed E-state index contributed by atoms with van der Waals surface area (Å²) in [5.74, 6) is -0.425. The highest BCUT2D eigenvalue weighted by molar-refractivity contribution is 9.10. The van der Waals surface area contributed by atoms with E-state index in [2.05, 4.69) is 15.9 Å². The number of hydrogen-bond acceptors (Lipinski definition) is 2. The standard InChI is InChI=1S/C9H12FN.C6H5BrFN/c1-6(2)7-4-3-5-8(10)9(7)11;7-4-2-1-3-5(8)6(4)9/h3-6H,11H2,1-2H3;1-3H,9H2. The number of halogens is 3. The normalized spacial score (nSPS) is 10.1. The minimum atomic E-state index is -0.385. The van der Waals surface area contributed by atoms with Crippen LogP contribution in [-0.4, -0.2) is 0 Å². The molecule has 2 aromatic carbocycles. The summed E-state index contributed by atoms with van der Waals surface area (Å²) in [4.78, 5) is 0. The minimum Gasteiger partial charge on any atom is -0.396 e. The molecular weight excluding hydrogens is 326 g/mol. The third-order valence-corrected chi connectivity index (χ3v) is 3.40. The fourth-order valence-electron chi connectivity index (χ4n) is 1.57. The number of rotatable bonds is 1. The van der Waals surface area contributed by atoms with Crippen molar-refractivity contribution in [3.63, 3.8) is 0 Å². The van der Waals surface area contributed by atoms with Gasteiger partial charge in [0.15, 0.2) is 0 Å². The van der Waals surface area contributed by atoms with Crippen LogP contribution in [0.2, 0.25) is 0 Å². The van der Waals surface area contributed by atoms with E-state index in [0.717, 1.165) is 5.56 Å². The third-order valence-electron chi connectivity index (χ3n) is 2.71. The number of hydrogen-bond donors (Lipinski definition) is 2. The van der Waals surface area contributed by atoms with E-state index in [4.69, 9.17) is 11.5 Å². The van der Waals surface area contributed by atoms with Crippen LogP contribution >= 0.6 is 15.9 Å². The van der Waals surface area contributed by atoms with E-state index < -0.39 is 0 Å². The Morgan fingerprint density at radius 2 is 1.40 bits per heavy atom. The molecule has 4 N–H and O–H groups in total. The lowest BCUT2D eigenvalue weighted by atomic mass is 10.0. The zero-order chi connectivity index (χ0) is 15.3. The van der Waals surface area contributed by atoms with Crippen molar-refractivity contribution >= 4 is 27.3 Å². The van der Waals surface area contributed by atoms with Gasteiger partial charge in [-0.2, -0.15) is 0 Å². The molecule has 0 saturated carbocycles. The van der Waals surface area contributed by atoms with Crippen LogP contribution in [0.25, 0.3) is 0 Å². The van der Waals surface area contributed by atoms with Crippen LogP contribution in [0.5, 0.6) is 0 Å². The van der Waals surface area contributed by atoms with Crippen LogP contribution in [0.1, 0.15) is 25.3 Å². The monoisotopic (exact) mass is 342 g/mol. The average molecular weight is 343 g/mol. The Balaban J connectivity index is 0.000000204. The molecule has 0 aliphatic rings. The van der Waals surface area contributed by atoms with E-state index in [1.54, 1.807) is 18.2 Å². The lowest BCUT2D eigenvalue weighted by molar-refractivity contribution is 0.628. The van der Waals surface area contributed by atoms with Gasteiger partial charge in [-0.15, -0.1) is 0 Å². The van der Waals surface area contributed by atoms with Gasteiger partial charge in [0.1, 0.15) is 11.6 Å². The van der Waals surface area contributed by atoms with Crippen molar-refractivity contribution in [2.75, 3.05) is 11.5 Å². The molecule has 2 aromatic rings. The first-order valence-corrected chi connectivity index (χ1v) is 6.87. The van der Waals surface area contributed by atoms with Crippen molar-refractivity contribution in [2.45, 2.75) is 19.8 Å². The largest absolute Gasteiger partial charge is 0.396 e. The average Bonchev–Trinajstić information content (AvgIpc) is 2.39. The smallest absolute Gasteiger partial charge is 0.147 e. The highest BCUT2D eigenvalue weighted by Gasteiger charge is 2.06. The summed E-state index contributed by atoms with van der Waals surface area (Å²) in [6.45, 7) is 3.98. The van der Waals surface area contributed by atoms with Gasteiger partial charge in [-0.3, -0.25) is 0 Å². The summed E-state index contributed by atoms with van der Waals surface area (Å²) < 4.78 is 25.8. The maximum absolute atomic E-state index is 12.8. The molecule has 0 unspecified atom stereocenters. The Bertz CT molecular complexity index is 566. The SMILES string of the molecule is CC(C)c1cccc(F)c1N.Nc1c(F)cccc1Br. The lowest BCUT2D eigenvalue weighted by Gasteiger charge is -2.08. The van der Waals surface area contributed by atoms with Crippen molar-refractivity contribution in [3.8, 4) is 0 Å². The molecule has 0 atom stereocenters. The van der Waals surface area contributed by atoms with Gasteiger partial charge in [-0.25, -0.2) is 8.78 Å². The summed E-state index contributed by atoms with van der Waals surface area (Å²) >= 11 is 3.08. The van der Waals surface area contributed by atoms with Crippen LogP contribution in [0.15, 0.2) is 40.9 Å². The number of nitrogen functional groups attached to an aromatic ring is 2. The predicted octanol–water partition coefficient (Wildman–Crippen LogP) is 4.70. The molecule has 0 bridgehead atoms. The summed E-state index contributed by atoms with van der Waals surface area (Å²) in [5, 5.41) is 0. The second kappa shape index (κ2) is 7.24. The molecule has 0 aliphatic heterocycles. The van der Waals surface area contributed by atoms with Crippen molar-refractivity contribution < 1.29 is 8.78 Å². The minimum absolute atomic E-state index is 0.164. The summed E-state index contributed by atoms with van der Waals surface area (Å²) in [6.07, 6.45) is 0. The second-order valence-corrected chi connectivity index (χ2v) is 5.39. The maximum atomic E-state index is 12.8. The molecule has 0 aliphatic carbocycles. The van der Waals surface area contributed by atoms with Crippen LogP contribution in [-0.2, 0) is 0 Å². The van der Waals surface area contributed by atoms with E-state index in [1.165, 1.54) is 12.1 Å². The molecule has 0 heterocycles. The highest BCUT2D eigenvalue weighted by atomic mass is 79.9. The van der Waals surface area contributed by atoms with Gasteiger partial charge in [0, 0.05) is 4.47 Å². The van der Waals surface area contributed by atoms with Gasteiger partial charge >= 0.3 is 0 Å². The van der Waals surface area contributed by atoms with E-state index in [9.17, 15) is 8.78 Å². The molecule has 20 heavy (non-hydrogen) atoms. The van der Waals surface area contributed by atoms with Gasteiger partial charge in [-0.1, -0.05) is 32.0 Å². The molecule has 0 fully saturated rings. The lowest BCUT2D eigenvalue weighted by Crippen LogP contribution is -1.98. The molecule has 0 radical (unpaired) electrons. The Morgan fingerprint density at radius 1 is 0.900 bits per heavy atom. The molecule has 2 rings (SSSR count). The second-order valence-electron chi connectivity index (χ2n) is 4.53. The van der Waals surface area contributed by atoms with E-state index in [-0.39, 0.29) is 28.9 Å². The first kappa shape index (κ1) is 16.4. The van der Waals surface area contributed by atoms with E-state index in [1.807, 2.05) is 19.9 Å². The first-order valence-electron chi connectivity index (χ1n) is 6.08. The fourth-order valence-corrected chi connectivity index (χ4v) is 1.91. The van der Waals surface area contributed by atoms with Gasteiger partial charge in [-0.05, 0) is 45.6 Å². The van der Waals surface area contributed by atoms with Crippen LogP contribution in [0.4, 0.5) is 20.2 Å². The molecule has 5 heteroatoms. The Hall–Kier alpha value is -1.62. The molecule has 0 spiro atoms. The molecular formula is C15H17BrF2N2. The van der Waals surface area contributed by atoms with Gasteiger partial charge in [0.05, 0.1) is 11.4 Å². The summed E-state index contributed by atoms with van der Waals surface area (Å²) in [7, 11) is 0. The fraction of sp³-hybridized carbons (Fsp3) is 0.200. The van der Waals surface area contributed by atoms with Gasteiger partial charge in [0.25, 0.3) is 0 Å². The maximum Gasteiger partial charge on any atom is 0.147 e. The predicted molar refractivity (Wildman–Crippen MR) is 83.4 cm³/mol. The highest BCUT2D eigenvalue weighted by Crippen LogP contribution is 2.23. The summed E-state index contributed by atoms with van der Waals surface area (Å²) in [5.41, 5.74) is 12.1. The molecule has 0 amide bonds. The van der Waals surface area contributed by atoms with Crippen molar-refractivity contribution in [1.82, 2.24) is 0 Å². The molecule has 108 valence electrons. The topological polar surface area (TPSA) is 52.0 Å². The van der Waals surface area contributed by atoms with E-state index >= 15 is 0 Å². The zero-order valence-electron chi connectivity index (χ0n) is 11.3. The van der Waals surface area contributed by atoms with Crippen LogP contribution in [0.3, 0.4) is 0 Å². The number of benzene rings is 2. The number of anilines is 2. The van der Waals surface area contributed by atoms with Crippen molar-refractivity contribution in [3.05, 3.63) is 58.1 Å². The molecule has 2 nitrogen and oxygen atoms in total. The Labute approximate surface area is 125 Å². The van der Waals surface area contributed by atoms with Crippen LogP contribution in [0, 0.1) is 11.6 Å². The first-order chi connectivity index (χ1) is 9.34. The number of nitrogens with two attached hydrogens (primary N) is 2. The van der Waals surface area contributed by atoms with Crippen molar-refractivity contribution in [1.29, 1.82) is 0 Å². The van der Waals surface area contributed by atoms with Crippen LogP contribution < -0.4 is 11.5 Å². The zero-order valence-corrected chi connectivity index (χ0v) is 12.9. The number of para-hydroxylation sites is 2. The van der Waals surface area contributed by atoms with Crippen molar-refractivity contribution in [2.24, 2.45) is 0 Å². The van der Waals surface area contributed by atoms with Gasteiger partial charge < -0.3 is 11.5 Å². The Morgan fingerprint density at radius 3 is 1.80 bits per heavy atom. The summed E-state index contributed by atoms with van der Waals surface area (Å²) in [6, 6.07) is 9.51. The quantitative estimate of drug-likeness (QED) is 0.738. The molecule has 0 saturated heterocycles. The third kappa shape index (κ3) is 4.20. The van der Waals surface area contributed by atoms with E-state index in [0.29, 0.717) is 4.47 Å².